The van der Waals surface area contributed by atoms with Gasteiger partial charge in [0.15, 0.2) is 5.11 Å². The van der Waals surface area contributed by atoms with Crippen LogP contribution in [0, 0.1) is 17.3 Å². The van der Waals surface area contributed by atoms with E-state index in [1.807, 2.05) is 0 Å². The van der Waals surface area contributed by atoms with Gasteiger partial charge in [0.1, 0.15) is 5.00 Å². The second kappa shape index (κ2) is 10.4. The molecule has 5 nitrogen and oxygen atoms in total. The first-order valence-corrected chi connectivity index (χ1v) is 12.7. The molecule has 1 fully saturated rings. The smallest absolute Gasteiger partial charge is 0.341 e. The van der Waals surface area contributed by atoms with Gasteiger partial charge in [-0.25, -0.2) is 4.79 Å². The van der Waals surface area contributed by atoms with E-state index in [1.165, 1.54) is 44.1 Å². The van der Waals surface area contributed by atoms with Crippen molar-refractivity contribution < 1.29 is 14.3 Å². The lowest BCUT2D eigenvalue weighted by Gasteiger charge is -2.33. The van der Waals surface area contributed by atoms with Gasteiger partial charge in [-0.05, 0) is 60.7 Å². The Hall–Kier alpha value is -1.47. The first kappa shape index (κ1) is 24.2. The molecule has 31 heavy (non-hydrogen) atoms. The van der Waals surface area contributed by atoms with Crippen LogP contribution in [-0.2, 0) is 22.4 Å². The first-order valence-electron chi connectivity index (χ1n) is 11.5. The van der Waals surface area contributed by atoms with Crippen LogP contribution in [0.15, 0.2) is 0 Å². The lowest BCUT2D eigenvalue weighted by atomic mass is 9.72. The average molecular weight is 465 g/mol. The third kappa shape index (κ3) is 6.28. The number of rotatable bonds is 5. The molecular formula is C24H36N2O3S2. The van der Waals surface area contributed by atoms with Crippen LogP contribution in [0.2, 0.25) is 0 Å². The predicted molar refractivity (Wildman–Crippen MR) is 131 cm³/mol. The van der Waals surface area contributed by atoms with Gasteiger partial charge in [-0.1, -0.05) is 52.9 Å². The fourth-order valence-corrected chi connectivity index (χ4v) is 6.47. The standard InChI is InChI=1S/C24H36N2O3S2/c1-24(2,3)16-11-12-17-18(14-16)31-21(20(17)22(28)29-4)26-23(30)25-19(27)13-10-15-8-6-5-7-9-15/h15-16H,5-14H2,1-4H3,(H2,25,26,27,30). The minimum atomic E-state index is -0.347. The first-order chi connectivity index (χ1) is 14.7. The Morgan fingerprint density at radius 2 is 1.87 bits per heavy atom. The molecule has 1 unspecified atom stereocenters. The number of anilines is 1. The fraction of sp³-hybridized carbons (Fsp3) is 0.708. The van der Waals surface area contributed by atoms with E-state index in [0.29, 0.717) is 28.8 Å². The summed E-state index contributed by atoms with van der Waals surface area (Å²) >= 11 is 6.97. The van der Waals surface area contributed by atoms with E-state index < -0.39 is 0 Å². The Balaban J connectivity index is 1.64. The molecule has 0 radical (unpaired) electrons. The highest BCUT2D eigenvalue weighted by molar-refractivity contribution is 7.80. The summed E-state index contributed by atoms with van der Waals surface area (Å²) in [5, 5.41) is 6.86. The van der Waals surface area contributed by atoms with E-state index in [1.54, 1.807) is 11.3 Å². The van der Waals surface area contributed by atoms with Gasteiger partial charge in [0.25, 0.3) is 0 Å². The van der Waals surface area contributed by atoms with Crippen molar-refractivity contribution >= 4 is 45.5 Å². The number of nitrogens with one attached hydrogen (secondary N) is 2. The molecule has 1 aromatic rings. The minimum absolute atomic E-state index is 0.0585. The Labute approximate surface area is 195 Å². The number of amides is 1. The summed E-state index contributed by atoms with van der Waals surface area (Å²) < 4.78 is 5.06. The van der Waals surface area contributed by atoms with Gasteiger partial charge in [-0.15, -0.1) is 11.3 Å². The Bertz CT molecular complexity index is 820. The molecule has 7 heteroatoms. The summed E-state index contributed by atoms with van der Waals surface area (Å²) in [6.07, 6.45) is 10.6. The number of hydrogen-bond acceptors (Lipinski definition) is 5. The molecule has 2 N–H and O–H groups in total. The van der Waals surface area contributed by atoms with Crippen LogP contribution in [-0.4, -0.2) is 24.1 Å². The number of thiophene rings is 1. The highest BCUT2D eigenvalue weighted by Crippen LogP contribution is 2.44. The van der Waals surface area contributed by atoms with Crippen molar-refractivity contribution in [3.63, 3.8) is 0 Å². The van der Waals surface area contributed by atoms with E-state index >= 15 is 0 Å². The van der Waals surface area contributed by atoms with Crippen molar-refractivity contribution in [2.75, 3.05) is 12.4 Å². The number of methoxy groups -OCH3 is 1. The lowest BCUT2D eigenvalue weighted by molar-refractivity contribution is -0.120. The van der Waals surface area contributed by atoms with Crippen molar-refractivity contribution in [2.45, 2.75) is 85.0 Å². The molecule has 1 amide bonds. The Morgan fingerprint density at radius 1 is 1.16 bits per heavy atom. The number of thiocarbonyl (C=S) groups is 1. The van der Waals surface area contributed by atoms with Crippen LogP contribution in [0.4, 0.5) is 5.00 Å². The second-order valence-electron chi connectivity index (χ2n) is 10.1. The van der Waals surface area contributed by atoms with E-state index in [4.69, 9.17) is 17.0 Å². The average Bonchev–Trinajstić information content (AvgIpc) is 3.08. The van der Waals surface area contributed by atoms with Crippen molar-refractivity contribution in [2.24, 2.45) is 17.3 Å². The van der Waals surface area contributed by atoms with E-state index in [0.717, 1.165) is 31.2 Å². The fourth-order valence-electron chi connectivity index (χ4n) is 4.87. The molecule has 0 saturated heterocycles. The monoisotopic (exact) mass is 464 g/mol. The van der Waals surface area contributed by atoms with Gasteiger partial charge in [-0.2, -0.15) is 0 Å². The third-order valence-electron chi connectivity index (χ3n) is 6.86. The van der Waals surface area contributed by atoms with Gasteiger partial charge in [0, 0.05) is 11.3 Å². The maximum atomic E-state index is 12.5. The highest BCUT2D eigenvalue weighted by Gasteiger charge is 2.34. The molecule has 0 aromatic carbocycles. The third-order valence-corrected chi connectivity index (χ3v) is 8.24. The molecule has 0 bridgehead atoms. The number of esters is 1. The van der Waals surface area contributed by atoms with Gasteiger partial charge >= 0.3 is 5.97 Å². The molecule has 2 aliphatic rings. The summed E-state index contributed by atoms with van der Waals surface area (Å²) in [5.41, 5.74) is 1.88. The molecule has 1 atom stereocenters. The SMILES string of the molecule is COC(=O)c1c(NC(=S)NC(=O)CCC2CCCCC2)sc2c1CCC(C(C)(C)C)C2. The molecule has 3 rings (SSSR count). The van der Waals surface area contributed by atoms with Crippen molar-refractivity contribution in [1.29, 1.82) is 0 Å². The maximum absolute atomic E-state index is 12.5. The van der Waals surface area contributed by atoms with Crippen LogP contribution in [0.3, 0.4) is 0 Å². The summed E-state index contributed by atoms with van der Waals surface area (Å²) in [7, 11) is 1.41. The van der Waals surface area contributed by atoms with Gasteiger partial charge in [-0.3, -0.25) is 4.79 Å². The number of carbonyl (C=O) groups is 2. The highest BCUT2D eigenvalue weighted by atomic mass is 32.1. The Kier molecular flexibility index (Phi) is 8.14. The van der Waals surface area contributed by atoms with E-state index in [2.05, 4.69) is 31.4 Å². The summed E-state index contributed by atoms with van der Waals surface area (Å²) in [6.45, 7) is 6.82. The van der Waals surface area contributed by atoms with Crippen molar-refractivity contribution in [1.82, 2.24) is 5.32 Å². The summed E-state index contributed by atoms with van der Waals surface area (Å²) in [4.78, 5) is 26.1. The largest absolute Gasteiger partial charge is 0.465 e. The number of hydrogen-bond donors (Lipinski definition) is 2. The number of carbonyl (C=O) groups excluding carboxylic acids is 2. The van der Waals surface area contributed by atoms with Gasteiger partial charge in [0.05, 0.1) is 12.7 Å². The van der Waals surface area contributed by atoms with Crippen LogP contribution in [0.25, 0.3) is 0 Å². The lowest BCUT2D eigenvalue weighted by Crippen LogP contribution is -2.34. The number of fused-ring (bicyclic) bond motifs is 1. The molecule has 1 saturated carbocycles. The molecule has 172 valence electrons. The zero-order valence-electron chi connectivity index (χ0n) is 19.3. The quantitative estimate of drug-likeness (QED) is 0.422. The van der Waals surface area contributed by atoms with Crippen LogP contribution < -0.4 is 10.6 Å². The van der Waals surface area contributed by atoms with E-state index in [-0.39, 0.29) is 22.4 Å². The predicted octanol–water partition coefficient (Wildman–Crippen LogP) is 5.86. The molecular weight excluding hydrogens is 428 g/mol. The van der Waals surface area contributed by atoms with Crippen LogP contribution in [0.5, 0.6) is 0 Å². The minimum Gasteiger partial charge on any atom is -0.465 e. The molecule has 0 aliphatic heterocycles. The topological polar surface area (TPSA) is 67.4 Å². The zero-order valence-corrected chi connectivity index (χ0v) is 20.9. The Morgan fingerprint density at radius 3 is 2.52 bits per heavy atom. The molecule has 0 spiro atoms. The molecule has 1 heterocycles. The van der Waals surface area contributed by atoms with Gasteiger partial charge in [0.2, 0.25) is 5.91 Å². The van der Waals surface area contributed by atoms with Crippen molar-refractivity contribution in [3.8, 4) is 0 Å². The normalized spacial score (nSPS) is 19.4. The van der Waals surface area contributed by atoms with E-state index in [9.17, 15) is 9.59 Å². The van der Waals surface area contributed by atoms with Crippen LogP contribution in [0.1, 0.15) is 92.9 Å². The zero-order chi connectivity index (χ0) is 22.6. The summed E-state index contributed by atoms with van der Waals surface area (Å²) in [5.74, 6) is 0.827. The van der Waals surface area contributed by atoms with Gasteiger partial charge < -0.3 is 15.4 Å². The maximum Gasteiger partial charge on any atom is 0.341 e. The molecule has 2 aliphatic carbocycles. The molecule has 1 aromatic heterocycles. The summed E-state index contributed by atoms with van der Waals surface area (Å²) in [6, 6.07) is 0. The van der Waals surface area contributed by atoms with Crippen LogP contribution >= 0.6 is 23.6 Å². The number of ether oxygens (including phenoxy) is 1. The second-order valence-corrected chi connectivity index (χ2v) is 11.6. The van der Waals surface area contributed by atoms with Crippen molar-refractivity contribution in [3.05, 3.63) is 16.0 Å².